The Kier molecular flexibility index (Phi) is 2.52. The van der Waals surface area contributed by atoms with E-state index in [0.29, 0.717) is 6.54 Å². The van der Waals surface area contributed by atoms with E-state index in [4.69, 9.17) is 5.11 Å². The van der Waals surface area contributed by atoms with Gasteiger partial charge in [0.05, 0.1) is 6.04 Å². The lowest BCUT2D eigenvalue weighted by Gasteiger charge is -2.17. The second-order valence-corrected chi connectivity index (χ2v) is 2.71. The van der Waals surface area contributed by atoms with E-state index in [1.54, 1.807) is 0 Å². The lowest BCUT2D eigenvalue weighted by molar-refractivity contribution is 0.147. The number of amides is 1. The Balaban J connectivity index is 2.57. The summed E-state index contributed by atoms with van der Waals surface area (Å²) in [5.74, 6) is 0. The zero-order valence-corrected chi connectivity index (χ0v) is 6.66. The Morgan fingerprint density at radius 3 is 3.00 bits per heavy atom. The molecule has 0 aromatic rings. The fourth-order valence-corrected chi connectivity index (χ4v) is 1.45. The smallest absolute Gasteiger partial charge is 0.407 e. The first kappa shape index (κ1) is 8.11. The van der Waals surface area contributed by atoms with Crippen LogP contribution in [0, 0.1) is 0 Å². The van der Waals surface area contributed by atoms with Gasteiger partial charge < -0.3 is 10.0 Å². The molecular weight excluding hydrogens is 142 g/mol. The molecule has 1 amide bonds. The molecule has 1 atom stereocenters. The number of hydrogen-bond donors (Lipinski definition) is 1. The van der Waals surface area contributed by atoms with Crippen LogP contribution in [0.1, 0.15) is 19.8 Å². The minimum absolute atomic E-state index is 0.123. The summed E-state index contributed by atoms with van der Waals surface area (Å²) in [6, 6.07) is 0.123. The van der Waals surface area contributed by atoms with E-state index in [-0.39, 0.29) is 6.04 Å². The average Bonchev–Trinajstić information content (AvgIpc) is 2.36. The zero-order chi connectivity index (χ0) is 8.27. The second kappa shape index (κ2) is 3.42. The summed E-state index contributed by atoms with van der Waals surface area (Å²) in [7, 11) is 0. The van der Waals surface area contributed by atoms with Crippen molar-refractivity contribution < 1.29 is 9.90 Å². The van der Waals surface area contributed by atoms with E-state index in [9.17, 15) is 4.79 Å². The first-order chi connectivity index (χ1) is 5.25. The Hall–Kier alpha value is -0.990. The molecular formula is C8H13NO2. The second-order valence-electron chi connectivity index (χ2n) is 2.71. The SMILES string of the molecule is CC=CC1CCCN1C(=O)O. The van der Waals surface area contributed by atoms with Gasteiger partial charge in [-0.25, -0.2) is 4.79 Å². The first-order valence-corrected chi connectivity index (χ1v) is 3.88. The van der Waals surface area contributed by atoms with Crippen molar-refractivity contribution in [3.05, 3.63) is 12.2 Å². The highest BCUT2D eigenvalue weighted by molar-refractivity contribution is 5.66. The maximum absolute atomic E-state index is 10.6. The quantitative estimate of drug-likeness (QED) is 0.585. The Bertz CT molecular complexity index is 177. The molecule has 11 heavy (non-hydrogen) atoms. The normalized spacial score (nSPS) is 24.8. The third kappa shape index (κ3) is 1.73. The Morgan fingerprint density at radius 1 is 1.73 bits per heavy atom. The average molecular weight is 155 g/mol. The molecule has 0 aliphatic carbocycles. The first-order valence-electron chi connectivity index (χ1n) is 3.88. The lowest BCUT2D eigenvalue weighted by Crippen LogP contribution is -2.32. The van der Waals surface area contributed by atoms with Gasteiger partial charge in [0.2, 0.25) is 0 Å². The van der Waals surface area contributed by atoms with Crippen LogP contribution in [-0.2, 0) is 0 Å². The molecule has 1 aliphatic rings. The van der Waals surface area contributed by atoms with Gasteiger partial charge in [-0.05, 0) is 19.8 Å². The third-order valence-corrected chi connectivity index (χ3v) is 1.96. The van der Waals surface area contributed by atoms with Gasteiger partial charge in [-0.15, -0.1) is 0 Å². The summed E-state index contributed by atoms with van der Waals surface area (Å²) in [5.41, 5.74) is 0. The van der Waals surface area contributed by atoms with Crippen LogP contribution in [0.4, 0.5) is 4.79 Å². The zero-order valence-electron chi connectivity index (χ0n) is 6.66. The largest absolute Gasteiger partial charge is 0.465 e. The molecule has 0 aromatic carbocycles. The van der Waals surface area contributed by atoms with Gasteiger partial charge in [-0.1, -0.05) is 12.2 Å². The van der Waals surface area contributed by atoms with E-state index < -0.39 is 6.09 Å². The van der Waals surface area contributed by atoms with Gasteiger partial charge >= 0.3 is 6.09 Å². The molecule has 0 bridgehead atoms. The van der Waals surface area contributed by atoms with Crippen LogP contribution in [0.25, 0.3) is 0 Å². The van der Waals surface area contributed by atoms with Crippen molar-refractivity contribution >= 4 is 6.09 Å². The molecule has 1 N–H and O–H groups in total. The minimum atomic E-state index is -0.800. The molecule has 1 aliphatic heterocycles. The van der Waals surface area contributed by atoms with Crippen molar-refractivity contribution in [2.75, 3.05) is 6.54 Å². The van der Waals surface area contributed by atoms with Crippen LogP contribution in [0.15, 0.2) is 12.2 Å². The lowest BCUT2D eigenvalue weighted by atomic mass is 10.2. The summed E-state index contributed by atoms with van der Waals surface area (Å²) in [6.07, 6.45) is 5.01. The van der Waals surface area contributed by atoms with E-state index in [0.717, 1.165) is 12.8 Å². The highest BCUT2D eigenvalue weighted by atomic mass is 16.4. The van der Waals surface area contributed by atoms with Crippen molar-refractivity contribution in [1.82, 2.24) is 4.90 Å². The standard InChI is InChI=1S/C8H13NO2/c1-2-4-7-5-3-6-9(7)8(10)11/h2,4,7H,3,5-6H2,1H3,(H,10,11). The maximum Gasteiger partial charge on any atom is 0.407 e. The predicted molar refractivity (Wildman–Crippen MR) is 42.6 cm³/mol. The molecule has 1 fully saturated rings. The van der Waals surface area contributed by atoms with Crippen LogP contribution < -0.4 is 0 Å². The molecule has 1 heterocycles. The molecule has 1 saturated heterocycles. The maximum atomic E-state index is 10.6. The van der Waals surface area contributed by atoms with Crippen molar-refractivity contribution in [2.24, 2.45) is 0 Å². The number of rotatable bonds is 1. The van der Waals surface area contributed by atoms with E-state index in [2.05, 4.69) is 0 Å². The van der Waals surface area contributed by atoms with Gasteiger partial charge in [0.15, 0.2) is 0 Å². The van der Waals surface area contributed by atoms with Gasteiger partial charge in [0, 0.05) is 6.54 Å². The van der Waals surface area contributed by atoms with Crippen LogP contribution in [0.2, 0.25) is 0 Å². The number of carboxylic acid groups (broad SMARTS) is 1. The Labute approximate surface area is 66.3 Å². The Morgan fingerprint density at radius 2 is 2.45 bits per heavy atom. The predicted octanol–water partition coefficient (Wildman–Crippen LogP) is 1.70. The van der Waals surface area contributed by atoms with Crippen molar-refractivity contribution in [2.45, 2.75) is 25.8 Å². The monoisotopic (exact) mass is 155 g/mol. The van der Waals surface area contributed by atoms with Gasteiger partial charge in [-0.2, -0.15) is 0 Å². The minimum Gasteiger partial charge on any atom is -0.465 e. The van der Waals surface area contributed by atoms with Gasteiger partial charge in [0.25, 0.3) is 0 Å². The summed E-state index contributed by atoms with van der Waals surface area (Å²) < 4.78 is 0. The van der Waals surface area contributed by atoms with E-state index in [1.165, 1.54) is 4.90 Å². The van der Waals surface area contributed by atoms with Crippen molar-refractivity contribution in [3.8, 4) is 0 Å². The summed E-state index contributed by atoms with van der Waals surface area (Å²) in [5, 5.41) is 8.70. The van der Waals surface area contributed by atoms with Gasteiger partial charge in [0.1, 0.15) is 0 Å². The molecule has 0 saturated carbocycles. The summed E-state index contributed by atoms with van der Waals surface area (Å²) in [6.45, 7) is 2.60. The molecule has 1 unspecified atom stereocenters. The van der Waals surface area contributed by atoms with Crippen LogP contribution in [0.3, 0.4) is 0 Å². The fraction of sp³-hybridized carbons (Fsp3) is 0.625. The summed E-state index contributed by atoms with van der Waals surface area (Å²) >= 11 is 0. The third-order valence-electron chi connectivity index (χ3n) is 1.96. The number of nitrogens with zero attached hydrogens (tertiary/aromatic N) is 1. The fourth-order valence-electron chi connectivity index (χ4n) is 1.45. The number of allylic oxidation sites excluding steroid dienone is 1. The molecule has 0 spiro atoms. The van der Waals surface area contributed by atoms with Crippen molar-refractivity contribution in [3.63, 3.8) is 0 Å². The van der Waals surface area contributed by atoms with Crippen LogP contribution in [0.5, 0.6) is 0 Å². The molecule has 62 valence electrons. The molecule has 3 nitrogen and oxygen atoms in total. The van der Waals surface area contributed by atoms with E-state index in [1.807, 2.05) is 19.1 Å². The highest BCUT2D eigenvalue weighted by Crippen LogP contribution is 2.17. The molecule has 0 radical (unpaired) electrons. The van der Waals surface area contributed by atoms with Crippen molar-refractivity contribution in [1.29, 1.82) is 0 Å². The number of carbonyl (C=O) groups is 1. The number of likely N-dealkylation sites (tertiary alicyclic amines) is 1. The topological polar surface area (TPSA) is 40.5 Å². The molecule has 3 heteroatoms. The van der Waals surface area contributed by atoms with Crippen LogP contribution >= 0.6 is 0 Å². The molecule has 0 aromatic heterocycles. The highest BCUT2D eigenvalue weighted by Gasteiger charge is 2.25. The number of hydrogen-bond acceptors (Lipinski definition) is 1. The summed E-state index contributed by atoms with van der Waals surface area (Å²) in [4.78, 5) is 12.1. The van der Waals surface area contributed by atoms with Gasteiger partial charge in [-0.3, -0.25) is 0 Å². The van der Waals surface area contributed by atoms with E-state index >= 15 is 0 Å². The molecule has 1 rings (SSSR count). The van der Waals surface area contributed by atoms with Crippen LogP contribution in [-0.4, -0.2) is 28.7 Å².